The third-order valence-electron chi connectivity index (χ3n) is 3.88. The van der Waals surface area contributed by atoms with Gasteiger partial charge in [0.05, 0.1) is 0 Å². The van der Waals surface area contributed by atoms with Crippen molar-refractivity contribution < 1.29 is 4.79 Å². The molecule has 0 heterocycles. The zero-order valence-electron chi connectivity index (χ0n) is 11.9. The largest absolute Gasteiger partial charge is 0.338 e. The van der Waals surface area contributed by atoms with E-state index in [1.165, 1.54) is 6.42 Å². The van der Waals surface area contributed by atoms with Crippen LogP contribution >= 0.6 is 0 Å². The summed E-state index contributed by atoms with van der Waals surface area (Å²) in [6.07, 6.45) is 1.23. The topological polar surface area (TPSA) is 53.2 Å². The van der Waals surface area contributed by atoms with Crippen molar-refractivity contribution in [2.24, 2.45) is 11.8 Å². The molecule has 0 aliphatic heterocycles. The second-order valence-electron chi connectivity index (χ2n) is 5.44. The minimum atomic E-state index is -0.117. The Morgan fingerprint density at radius 1 is 1.47 bits per heavy atom. The number of benzene rings is 1. The van der Waals surface area contributed by atoms with Crippen LogP contribution in [-0.4, -0.2) is 19.6 Å². The van der Waals surface area contributed by atoms with Crippen molar-refractivity contribution in [2.45, 2.75) is 26.3 Å². The van der Waals surface area contributed by atoms with Gasteiger partial charge in [0.2, 0.25) is 0 Å². The molecule has 19 heavy (non-hydrogen) atoms. The fourth-order valence-electron chi connectivity index (χ4n) is 2.14. The van der Waals surface area contributed by atoms with Crippen molar-refractivity contribution in [3.8, 4) is 0 Å². The van der Waals surface area contributed by atoms with Crippen molar-refractivity contribution in [1.29, 1.82) is 0 Å². The van der Waals surface area contributed by atoms with Crippen LogP contribution < -0.4 is 16.0 Å². The van der Waals surface area contributed by atoms with Crippen LogP contribution in [0.2, 0.25) is 0 Å². The summed E-state index contributed by atoms with van der Waals surface area (Å²) in [5.41, 5.74) is 2.00. The third kappa shape index (κ3) is 3.96. The highest BCUT2D eigenvalue weighted by Gasteiger charge is 2.32. The summed E-state index contributed by atoms with van der Waals surface area (Å²) in [5.74, 6) is 1.43. The lowest BCUT2D eigenvalue weighted by atomic mass is 10.1. The monoisotopic (exact) mass is 261 g/mol. The molecule has 3 unspecified atom stereocenters. The van der Waals surface area contributed by atoms with Gasteiger partial charge in [-0.05, 0) is 49.9 Å². The van der Waals surface area contributed by atoms with E-state index in [0.717, 1.165) is 23.7 Å². The predicted molar refractivity (Wildman–Crippen MR) is 78.2 cm³/mol. The van der Waals surface area contributed by atoms with Crippen LogP contribution in [0.1, 0.15) is 31.9 Å². The van der Waals surface area contributed by atoms with Crippen LogP contribution in [-0.2, 0) is 0 Å². The first-order valence-electron chi connectivity index (χ1n) is 6.92. The first-order valence-corrected chi connectivity index (χ1v) is 6.92. The Morgan fingerprint density at radius 3 is 2.84 bits per heavy atom. The van der Waals surface area contributed by atoms with Crippen LogP contribution in [0.4, 0.5) is 10.5 Å². The molecule has 1 saturated carbocycles. The number of anilines is 1. The average molecular weight is 261 g/mol. The quantitative estimate of drug-likeness (QED) is 0.763. The van der Waals surface area contributed by atoms with E-state index in [-0.39, 0.29) is 12.1 Å². The molecule has 1 aliphatic rings. The highest BCUT2D eigenvalue weighted by atomic mass is 16.2. The Balaban J connectivity index is 1.85. The molecule has 1 aromatic rings. The van der Waals surface area contributed by atoms with Gasteiger partial charge in [-0.1, -0.05) is 19.1 Å². The fraction of sp³-hybridized carbons (Fsp3) is 0.533. The fourth-order valence-corrected chi connectivity index (χ4v) is 2.14. The molecule has 4 heteroatoms. The summed E-state index contributed by atoms with van der Waals surface area (Å²) >= 11 is 0. The van der Waals surface area contributed by atoms with Gasteiger partial charge in [0.15, 0.2) is 0 Å². The molecular formula is C15H23N3O. The van der Waals surface area contributed by atoms with Gasteiger partial charge >= 0.3 is 6.03 Å². The molecule has 0 radical (unpaired) electrons. The summed E-state index contributed by atoms with van der Waals surface area (Å²) in [5, 5.41) is 8.99. The lowest BCUT2D eigenvalue weighted by Gasteiger charge is -2.13. The van der Waals surface area contributed by atoms with Crippen molar-refractivity contribution in [2.75, 3.05) is 18.9 Å². The standard InChI is InChI=1S/C15H23N3O/c1-10-7-13(10)9-17-15(19)18-14-6-4-5-12(8-14)11(2)16-3/h4-6,8,10-11,13,16H,7,9H2,1-3H3,(H2,17,18,19). The zero-order chi connectivity index (χ0) is 13.8. The normalized spacial score (nSPS) is 22.7. The van der Waals surface area contributed by atoms with E-state index in [2.05, 4.69) is 35.9 Å². The van der Waals surface area contributed by atoms with Gasteiger partial charge < -0.3 is 16.0 Å². The molecule has 104 valence electrons. The molecule has 3 N–H and O–H groups in total. The van der Waals surface area contributed by atoms with Crippen molar-refractivity contribution >= 4 is 11.7 Å². The van der Waals surface area contributed by atoms with E-state index in [9.17, 15) is 4.79 Å². The van der Waals surface area contributed by atoms with Gasteiger partial charge in [-0.25, -0.2) is 4.79 Å². The van der Waals surface area contributed by atoms with Gasteiger partial charge in [-0.15, -0.1) is 0 Å². The molecule has 3 atom stereocenters. The molecule has 1 fully saturated rings. The smallest absolute Gasteiger partial charge is 0.319 e. The van der Waals surface area contributed by atoms with Crippen molar-refractivity contribution in [1.82, 2.24) is 10.6 Å². The number of hydrogen-bond acceptors (Lipinski definition) is 2. The summed E-state index contributed by atoms with van der Waals surface area (Å²) in [6.45, 7) is 5.08. The van der Waals surface area contributed by atoms with Gasteiger partial charge in [-0.2, -0.15) is 0 Å². The molecule has 0 spiro atoms. The molecular weight excluding hydrogens is 238 g/mol. The molecule has 0 saturated heterocycles. The van der Waals surface area contributed by atoms with E-state index in [1.807, 2.05) is 25.2 Å². The predicted octanol–water partition coefficient (Wildman–Crippen LogP) is 2.74. The molecule has 2 amide bonds. The van der Waals surface area contributed by atoms with Crippen molar-refractivity contribution in [3.63, 3.8) is 0 Å². The molecule has 1 aliphatic carbocycles. The Morgan fingerprint density at radius 2 is 2.21 bits per heavy atom. The van der Waals surface area contributed by atoms with Crippen LogP contribution in [0.25, 0.3) is 0 Å². The number of carbonyl (C=O) groups excluding carboxylic acids is 1. The third-order valence-corrected chi connectivity index (χ3v) is 3.88. The van der Waals surface area contributed by atoms with Crippen LogP contribution in [0.3, 0.4) is 0 Å². The molecule has 0 bridgehead atoms. The summed E-state index contributed by atoms with van der Waals surface area (Å²) in [4.78, 5) is 11.8. The minimum Gasteiger partial charge on any atom is -0.338 e. The lowest BCUT2D eigenvalue weighted by molar-refractivity contribution is 0.251. The highest BCUT2D eigenvalue weighted by Crippen LogP contribution is 2.36. The lowest BCUT2D eigenvalue weighted by Crippen LogP contribution is -2.30. The highest BCUT2D eigenvalue weighted by molar-refractivity contribution is 5.89. The Kier molecular flexibility index (Phi) is 4.43. The molecule has 4 nitrogen and oxygen atoms in total. The summed E-state index contributed by atoms with van der Waals surface area (Å²) < 4.78 is 0. The second kappa shape index (κ2) is 6.06. The summed E-state index contributed by atoms with van der Waals surface area (Å²) in [6, 6.07) is 8.08. The molecule has 0 aromatic heterocycles. The number of amides is 2. The Labute approximate surface area is 115 Å². The van der Waals surface area contributed by atoms with Gasteiger partial charge in [0, 0.05) is 18.3 Å². The van der Waals surface area contributed by atoms with Gasteiger partial charge in [0.1, 0.15) is 0 Å². The van der Waals surface area contributed by atoms with Crippen LogP contribution in [0, 0.1) is 11.8 Å². The van der Waals surface area contributed by atoms with Gasteiger partial charge in [0.25, 0.3) is 0 Å². The summed E-state index contributed by atoms with van der Waals surface area (Å²) in [7, 11) is 1.92. The van der Waals surface area contributed by atoms with E-state index in [1.54, 1.807) is 0 Å². The number of carbonyl (C=O) groups is 1. The maximum Gasteiger partial charge on any atom is 0.319 e. The second-order valence-corrected chi connectivity index (χ2v) is 5.44. The zero-order valence-corrected chi connectivity index (χ0v) is 11.9. The first kappa shape index (κ1) is 13.9. The number of hydrogen-bond donors (Lipinski definition) is 3. The van der Waals surface area contributed by atoms with Gasteiger partial charge in [-0.3, -0.25) is 0 Å². The van der Waals surface area contributed by atoms with E-state index in [0.29, 0.717) is 5.92 Å². The number of nitrogens with one attached hydrogen (secondary N) is 3. The van der Waals surface area contributed by atoms with E-state index >= 15 is 0 Å². The SMILES string of the molecule is CNC(C)c1cccc(NC(=O)NCC2CC2C)c1. The molecule has 1 aromatic carbocycles. The van der Waals surface area contributed by atoms with Crippen molar-refractivity contribution in [3.05, 3.63) is 29.8 Å². The minimum absolute atomic E-state index is 0.117. The Hall–Kier alpha value is -1.55. The van der Waals surface area contributed by atoms with Crippen LogP contribution in [0.5, 0.6) is 0 Å². The first-order chi connectivity index (χ1) is 9.10. The maximum absolute atomic E-state index is 11.8. The number of urea groups is 1. The van der Waals surface area contributed by atoms with E-state index in [4.69, 9.17) is 0 Å². The number of rotatable bonds is 5. The average Bonchev–Trinajstić information content (AvgIpc) is 3.12. The van der Waals surface area contributed by atoms with Crippen LogP contribution in [0.15, 0.2) is 24.3 Å². The maximum atomic E-state index is 11.8. The molecule has 2 rings (SSSR count). The Bertz CT molecular complexity index is 447. The van der Waals surface area contributed by atoms with E-state index < -0.39 is 0 Å².